The van der Waals surface area contributed by atoms with Gasteiger partial charge in [-0.3, -0.25) is 4.98 Å². The Balaban J connectivity index is 2.29. The summed E-state index contributed by atoms with van der Waals surface area (Å²) in [5.74, 6) is 0. The summed E-state index contributed by atoms with van der Waals surface area (Å²) in [6.45, 7) is 0.432. The molecule has 0 atom stereocenters. The first-order valence-corrected chi connectivity index (χ1v) is 3.65. The van der Waals surface area contributed by atoms with Gasteiger partial charge in [-0.2, -0.15) is 0 Å². The van der Waals surface area contributed by atoms with Crippen LogP contribution in [-0.4, -0.2) is 17.6 Å². The van der Waals surface area contributed by atoms with Crippen LogP contribution in [0.1, 0.15) is 5.56 Å². The average Bonchev–Trinajstić information content (AvgIpc) is 2.05. The molecular formula is C8H10N3O. The van der Waals surface area contributed by atoms with Crippen molar-refractivity contribution in [2.75, 3.05) is 6.54 Å². The summed E-state index contributed by atoms with van der Waals surface area (Å²) in [5.41, 5.74) is 5.89. The zero-order chi connectivity index (χ0) is 8.81. The molecule has 4 nitrogen and oxygen atoms in total. The van der Waals surface area contributed by atoms with Crippen molar-refractivity contribution in [3.8, 4) is 0 Å². The first-order chi connectivity index (χ1) is 5.79. The number of amides is 2. The third kappa shape index (κ3) is 3.01. The second-order valence-corrected chi connectivity index (χ2v) is 2.33. The number of carbonyl (C=O) groups is 1. The van der Waals surface area contributed by atoms with E-state index in [1.807, 2.05) is 12.1 Å². The highest BCUT2D eigenvalue weighted by Crippen LogP contribution is 1.95. The van der Waals surface area contributed by atoms with Gasteiger partial charge in [0.2, 0.25) is 0 Å². The summed E-state index contributed by atoms with van der Waals surface area (Å²) < 4.78 is 0. The minimum absolute atomic E-state index is 0.432. The molecule has 1 rings (SSSR count). The van der Waals surface area contributed by atoms with Crippen LogP contribution in [0.4, 0.5) is 4.79 Å². The van der Waals surface area contributed by atoms with Crippen molar-refractivity contribution in [2.45, 2.75) is 6.42 Å². The fourth-order valence-electron chi connectivity index (χ4n) is 0.841. The van der Waals surface area contributed by atoms with E-state index in [1.54, 1.807) is 12.4 Å². The van der Waals surface area contributed by atoms with Crippen molar-refractivity contribution in [2.24, 2.45) is 5.73 Å². The van der Waals surface area contributed by atoms with Crippen molar-refractivity contribution in [3.05, 3.63) is 30.1 Å². The van der Waals surface area contributed by atoms with Crippen LogP contribution in [0.15, 0.2) is 24.5 Å². The Morgan fingerprint density at radius 3 is 3.08 bits per heavy atom. The highest BCUT2D eigenvalue weighted by molar-refractivity contribution is 5.71. The second kappa shape index (κ2) is 4.33. The van der Waals surface area contributed by atoms with E-state index in [0.29, 0.717) is 13.0 Å². The Bertz CT molecular complexity index is 248. The number of hydrogen-bond donors (Lipinski definition) is 1. The molecular weight excluding hydrogens is 154 g/mol. The van der Waals surface area contributed by atoms with Gasteiger partial charge < -0.3 is 5.73 Å². The molecule has 0 aliphatic heterocycles. The number of primary amides is 1. The molecule has 2 N–H and O–H groups in total. The van der Waals surface area contributed by atoms with E-state index in [2.05, 4.69) is 10.3 Å². The van der Waals surface area contributed by atoms with Crippen LogP contribution in [0.5, 0.6) is 0 Å². The van der Waals surface area contributed by atoms with E-state index in [1.165, 1.54) is 0 Å². The molecule has 0 aromatic carbocycles. The molecule has 0 saturated carbocycles. The minimum Gasteiger partial charge on any atom is -0.350 e. The van der Waals surface area contributed by atoms with Crippen molar-refractivity contribution in [3.63, 3.8) is 0 Å². The number of nitrogens with two attached hydrogens (primary N) is 1. The van der Waals surface area contributed by atoms with Gasteiger partial charge in [-0.1, -0.05) is 6.07 Å². The quantitative estimate of drug-likeness (QED) is 0.698. The van der Waals surface area contributed by atoms with E-state index >= 15 is 0 Å². The zero-order valence-corrected chi connectivity index (χ0v) is 6.60. The Morgan fingerprint density at radius 1 is 1.67 bits per heavy atom. The topological polar surface area (TPSA) is 70.1 Å². The smallest absolute Gasteiger partial charge is 0.333 e. The Kier molecular flexibility index (Phi) is 3.07. The van der Waals surface area contributed by atoms with Crippen LogP contribution in [0, 0.1) is 0 Å². The van der Waals surface area contributed by atoms with Gasteiger partial charge >= 0.3 is 6.03 Å². The standard InChI is InChI=1S/C8H10N3O/c9-8(12)11-5-3-7-2-1-4-10-6-7/h1-2,4,6H,3,5H2,(H2,9,12). The van der Waals surface area contributed by atoms with Crippen molar-refractivity contribution in [1.82, 2.24) is 10.3 Å². The van der Waals surface area contributed by atoms with Gasteiger partial charge in [-0.15, -0.1) is 0 Å². The van der Waals surface area contributed by atoms with Crippen LogP contribution >= 0.6 is 0 Å². The monoisotopic (exact) mass is 164 g/mol. The Hall–Kier alpha value is -1.58. The van der Waals surface area contributed by atoms with Crippen LogP contribution in [0.25, 0.3) is 0 Å². The minimum atomic E-state index is -0.612. The average molecular weight is 164 g/mol. The number of urea groups is 1. The summed E-state index contributed by atoms with van der Waals surface area (Å²) in [6, 6.07) is 3.17. The number of rotatable bonds is 3. The molecule has 1 aromatic rings. The highest BCUT2D eigenvalue weighted by Gasteiger charge is 1.95. The van der Waals surface area contributed by atoms with Crippen molar-refractivity contribution >= 4 is 6.03 Å². The van der Waals surface area contributed by atoms with Gasteiger partial charge in [-0.05, 0) is 18.1 Å². The van der Waals surface area contributed by atoms with Crippen molar-refractivity contribution < 1.29 is 4.79 Å². The maximum absolute atomic E-state index is 10.2. The lowest BCUT2D eigenvalue weighted by molar-refractivity contribution is 0.248. The molecule has 1 aromatic heterocycles. The first kappa shape index (κ1) is 8.52. The predicted molar refractivity (Wildman–Crippen MR) is 44.5 cm³/mol. The molecule has 0 spiro atoms. The first-order valence-electron chi connectivity index (χ1n) is 3.65. The Morgan fingerprint density at radius 2 is 2.50 bits per heavy atom. The molecule has 4 heteroatoms. The molecule has 0 aliphatic carbocycles. The zero-order valence-electron chi connectivity index (χ0n) is 6.60. The van der Waals surface area contributed by atoms with Crippen LogP contribution in [-0.2, 0) is 6.42 Å². The molecule has 0 unspecified atom stereocenters. The summed E-state index contributed by atoms with van der Waals surface area (Å²) >= 11 is 0. The third-order valence-electron chi connectivity index (χ3n) is 1.39. The maximum Gasteiger partial charge on any atom is 0.333 e. The molecule has 1 radical (unpaired) electrons. The Labute approximate surface area is 70.8 Å². The van der Waals surface area contributed by atoms with Crippen LogP contribution in [0.3, 0.4) is 0 Å². The molecule has 2 amide bonds. The summed E-state index contributed by atoms with van der Waals surface area (Å²) in [4.78, 5) is 14.2. The predicted octanol–water partition coefficient (Wildman–Crippen LogP) is 0.307. The molecule has 12 heavy (non-hydrogen) atoms. The second-order valence-electron chi connectivity index (χ2n) is 2.33. The number of hydrogen-bond acceptors (Lipinski definition) is 2. The molecule has 1 heterocycles. The van der Waals surface area contributed by atoms with Crippen LogP contribution < -0.4 is 11.1 Å². The lowest BCUT2D eigenvalue weighted by atomic mass is 10.2. The fourth-order valence-corrected chi connectivity index (χ4v) is 0.841. The van der Waals surface area contributed by atoms with Gasteiger partial charge in [0.1, 0.15) is 0 Å². The van der Waals surface area contributed by atoms with E-state index in [4.69, 9.17) is 5.73 Å². The fraction of sp³-hybridized carbons (Fsp3) is 0.250. The highest BCUT2D eigenvalue weighted by atomic mass is 16.2. The normalized spacial score (nSPS) is 9.33. The number of nitrogens with zero attached hydrogens (tertiary/aromatic N) is 2. The number of aromatic nitrogens is 1. The van der Waals surface area contributed by atoms with Crippen molar-refractivity contribution in [1.29, 1.82) is 0 Å². The van der Waals surface area contributed by atoms with Gasteiger partial charge in [-0.25, -0.2) is 10.1 Å². The van der Waals surface area contributed by atoms with Gasteiger partial charge in [0.25, 0.3) is 0 Å². The number of pyridine rings is 1. The van der Waals surface area contributed by atoms with E-state index in [9.17, 15) is 4.79 Å². The lowest BCUT2D eigenvalue weighted by Gasteiger charge is -1.97. The largest absolute Gasteiger partial charge is 0.350 e. The summed E-state index contributed by atoms with van der Waals surface area (Å²) in [5, 5.41) is 3.53. The molecule has 0 fully saturated rings. The van der Waals surface area contributed by atoms with Gasteiger partial charge in [0.15, 0.2) is 0 Å². The summed E-state index contributed by atoms with van der Waals surface area (Å²) in [6.07, 6.45) is 4.15. The molecule has 0 saturated heterocycles. The third-order valence-corrected chi connectivity index (χ3v) is 1.39. The van der Waals surface area contributed by atoms with Gasteiger partial charge in [0.05, 0.1) is 0 Å². The lowest BCUT2D eigenvalue weighted by Crippen LogP contribution is -2.24. The SMILES string of the molecule is NC(=O)[N]CCc1cccnc1. The van der Waals surface area contributed by atoms with Gasteiger partial charge in [0, 0.05) is 18.9 Å². The number of carbonyl (C=O) groups excluding carboxylic acids is 1. The summed E-state index contributed by atoms with van der Waals surface area (Å²) in [7, 11) is 0. The molecule has 63 valence electrons. The maximum atomic E-state index is 10.2. The van der Waals surface area contributed by atoms with Crippen LogP contribution in [0.2, 0.25) is 0 Å². The molecule has 0 bridgehead atoms. The molecule has 0 aliphatic rings. The van der Waals surface area contributed by atoms with E-state index in [-0.39, 0.29) is 0 Å². The van der Waals surface area contributed by atoms with E-state index in [0.717, 1.165) is 5.56 Å². The van der Waals surface area contributed by atoms with E-state index < -0.39 is 6.03 Å².